The standard InChI is InChI=1S/C20H17N3O2/c24-20(19-12-15-6-3-4-9-18(15)25-19)21-13-16-7-1-2-8-17(16)14-23-11-5-10-22-23/h1-12H,13-14H2,(H,21,24). The van der Waals surface area contributed by atoms with Crippen molar-refractivity contribution in [1.82, 2.24) is 15.1 Å². The van der Waals surface area contributed by atoms with Crippen LogP contribution >= 0.6 is 0 Å². The van der Waals surface area contributed by atoms with Gasteiger partial charge >= 0.3 is 0 Å². The topological polar surface area (TPSA) is 60.1 Å². The number of benzene rings is 2. The molecule has 4 rings (SSSR count). The lowest BCUT2D eigenvalue weighted by Gasteiger charge is -2.10. The lowest BCUT2D eigenvalue weighted by Crippen LogP contribution is -2.23. The van der Waals surface area contributed by atoms with Crippen molar-refractivity contribution < 1.29 is 9.21 Å². The molecular weight excluding hydrogens is 314 g/mol. The van der Waals surface area contributed by atoms with E-state index in [1.165, 1.54) is 0 Å². The van der Waals surface area contributed by atoms with E-state index in [0.29, 0.717) is 24.4 Å². The Hall–Kier alpha value is -3.34. The Morgan fingerprint density at radius 2 is 1.84 bits per heavy atom. The first kappa shape index (κ1) is 15.2. The molecular formula is C20H17N3O2. The minimum atomic E-state index is -0.218. The Morgan fingerprint density at radius 3 is 2.64 bits per heavy atom. The second-order valence-corrected chi connectivity index (χ2v) is 5.80. The molecule has 1 N–H and O–H groups in total. The number of nitrogens with one attached hydrogen (secondary N) is 1. The number of para-hydroxylation sites is 1. The maximum atomic E-state index is 12.4. The van der Waals surface area contributed by atoms with Crippen LogP contribution in [0.25, 0.3) is 11.0 Å². The monoisotopic (exact) mass is 331 g/mol. The van der Waals surface area contributed by atoms with E-state index in [4.69, 9.17) is 4.42 Å². The Bertz CT molecular complexity index is 970. The number of hydrogen-bond donors (Lipinski definition) is 1. The van der Waals surface area contributed by atoms with E-state index in [2.05, 4.69) is 10.4 Å². The van der Waals surface area contributed by atoms with Crippen LogP contribution in [0.15, 0.2) is 77.5 Å². The molecule has 25 heavy (non-hydrogen) atoms. The lowest BCUT2D eigenvalue weighted by molar-refractivity contribution is 0.0925. The fourth-order valence-corrected chi connectivity index (χ4v) is 2.81. The summed E-state index contributed by atoms with van der Waals surface area (Å²) in [6, 6.07) is 19.3. The zero-order chi connectivity index (χ0) is 17.1. The smallest absolute Gasteiger partial charge is 0.287 e. The van der Waals surface area contributed by atoms with Gasteiger partial charge in [-0.25, -0.2) is 0 Å². The summed E-state index contributed by atoms with van der Waals surface area (Å²) in [6.45, 7) is 1.11. The van der Waals surface area contributed by atoms with E-state index in [9.17, 15) is 4.79 Å². The SMILES string of the molecule is O=C(NCc1ccccc1Cn1cccn1)c1cc2ccccc2o1. The van der Waals surface area contributed by atoms with Gasteiger partial charge in [0.15, 0.2) is 5.76 Å². The van der Waals surface area contributed by atoms with Crippen LogP contribution in [0, 0.1) is 0 Å². The molecule has 0 bridgehead atoms. The molecule has 0 fully saturated rings. The van der Waals surface area contributed by atoms with Crippen molar-refractivity contribution in [2.75, 3.05) is 0 Å². The summed E-state index contributed by atoms with van der Waals surface area (Å²) < 4.78 is 7.47. The van der Waals surface area contributed by atoms with E-state index < -0.39 is 0 Å². The number of rotatable bonds is 5. The molecule has 0 aliphatic heterocycles. The van der Waals surface area contributed by atoms with Gasteiger partial charge in [-0.2, -0.15) is 5.10 Å². The highest BCUT2D eigenvalue weighted by molar-refractivity contribution is 5.96. The van der Waals surface area contributed by atoms with E-state index in [0.717, 1.165) is 16.5 Å². The molecule has 0 atom stereocenters. The number of hydrogen-bond acceptors (Lipinski definition) is 3. The Labute approximate surface area is 144 Å². The molecule has 0 saturated heterocycles. The third-order valence-electron chi connectivity index (χ3n) is 4.10. The molecule has 5 nitrogen and oxygen atoms in total. The first-order chi connectivity index (χ1) is 12.3. The highest BCUT2D eigenvalue weighted by Gasteiger charge is 2.12. The second kappa shape index (κ2) is 6.65. The fraction of sp³-hybridized carbons (Fsp3) is 0.100. The summed E-state index contributed by atoms with van der Waals surface area (Å²) in [4.78, 5) is 12.4. The summed E-state index contributed by atoms with van der Waals surface area (Å²) >= 11 is 0. The third-order valence-corrected chi connectivity index (χ3v) is 4.10. The number of furan rings is 1. The lowest BCUT2D eigenvalue weighted by atomic mass is 10.1. The fourth-order valence-electron chi connectivity index (χ4n) is 2.81. The van der Waals surface area contributed by atoms with Crippen LogP contribution in [0.4, 0.5) is 0 Å². The van der Waals surface area contributed by atoms with Crippen molar-refractivity contribution in [3.63, 3.8) is 0 Å². The number of nitrogens with zero attached hydrogens (tertiary/aromatic N) is 2. The molecule has 0 radical (unpaired) electrons. The normalized spacial score (nSPS) is 10.9. The molecule has 2 heterocycles. The number of carbonyl (C=O) groups excluding carboxylic acids is 1. The van der Waals surface area contributed by atoms with Crippen molar-refractivity contribution in [1.29, 1.82) is 0 Å². The number of aromatic nitrogens is 2. The molecule has 1 amide bonds. The van der Waals surface area contributed by atoms with Crippen LogP contribution in [0.3, 0.4) is 0 Å². The molecule has 4 aromatic rings. The molecule has 2 aromatic carbocycles. The molecule has 124 valence electrons. The van der Waals surface area contributed by atoms with Crippen molar-refractivity contribution in [3.8, 4) is 0 Å². The maximum absolute atomic E-state index is 12.4. The maximum Gasteiger partial charge on any atom is 0.287 e. The Kier molecular flexibility index (Phi) is 4.04. The minimum absolute atomic E-state index is 0.218. The summed E-state index contributed by atoms with van der Waals surface area (Å²) in [6.07, 6.45) is 3.68. The van der Waals surface area contributed by atoms with Crippen LogP contribution in [-0.2, 0) is 13.1 Å². The van der Waals surface area contributed by atoms with Gasteiger partial charge < -0.3 is 9.73 Å². The van der Waals surface area contributed by atoms with Crippen LogP contribution in [0.2, 0.25) is 0 Å². The van der Waals surface area contributed by atoms with Crippen molar-refractivity contribution in [2.24, 2.45) is 0 Å². The second-order valence-electron chi connectivity index (χ2n) is 5.80. The zero-order valence-electron chi connectivity index (χ0n) is 13.6. The van der Waals surface area contributed by atoms with Gasteiger partial charge in [-0.15, -0.1) is 0 Å². The molecule has 0 unspecified atom stereocenters. The third kappa shape index (κ3) is 3.30. The van der Waals surface area contributed by atoms with Gasteiger partial charge in [0.1, 0.15) is 5.58 Å². The van der Waals surface area contributed by atoms with Crippen LogP contribution in [0.5, 0.6) is 0 Å². The average Bonchev–Trinajstić information content (AvgIpc) is 3.30. The summed E-state index contributed by atoms with van der Waals surface area (Å²) in [5, 5.41) is 8.09. The van der Waals surface area contributed by atoms with Gasteiger partial charge in [-0.05, 0) is 29.3 Å². The predicted octanol–water partition coefficient (Wildman–Crippen LogP) is 3.61. The highest BCUT2D eigenvalue weighted by Crippen LogP contribution is 2.19. The summed E-state index contributed by atoms with van der Waals surface area (Å²) in [5.41, 5.74) is 2.89. The molecule has 0 aliphatic rings. The van der Waals surface area contributed by atoms with Crippen LogP contribution in [0.1, 0.15) is 21.7 Å². The minimum Gasteiger partial charge on any atom is -0.451 e. The summed E-state index contributed by atoms with van der Waals surface area (Å²) in [5.74, 6) is 0.107. The van der Waals surface area contributed by atoms with Crippen molar-refractivity contribution in [3.05, 3.63) is 89.9 Å². The quantitative estimate of drug-likeness (QED) is 0.608. The van der Waals surface area contributed by atoms with Gasteiger partial charge in [0, 0.05) is 24.3 Å². The molecule has 2 aromatic heterocycles. The molecule has 0 saturated carbocycles. The summed E-state index contributed by atoms with van der Waals surface area (Å²) in [7, 11) is 0. The van der Waals surface area contributed by atoms with E-state index in [1.807, 2.05) is 65.5 Å². The molecule has 0 spiro atoms. The first-order valence-corrected chi connectivity index (χ1v) is 8.10. The average molecular weight is 331 g/mol. The van der Waals surface area contributed by atoms with Crippen molar-refractivity contribution >= 4 is 16.9 Å². The van der Waals surface area contributed by atoms with Crippen LogP contribution in [-0.4, -0.2) is 15.7 Å². The van der Waals surface area contributed by atoms with Gasteiger partial charge in [-0.1, -0.05) is 42.5 Å². The van der Waals surface area contributed by atoms with Crippen LogP contribution < -0.4 is 5.32 Å². The van der Waals surface area contributed by atoms with Gasteiger partial charge in [0.25, 0.3) is 5.91 Å². The molecule has 0 aliphatic carbocycles. The Balaban J connectivity index is 1.48. The van der Waals surface area contributed by atoms with Gasteiger partial charge in [-0.3, -0.25) is 9.48 Å². The van der Waals surface area contributed by atoms with E-state index >= 15 is 0 Å². The molecule has 5 heteroatoms. The van der Waals surface area contributed by atoms with Gasteiger partial charge in [0.2, 0.25) is 0 Å². The number of fused-ring (bicyclic) bond motifs is 1. The Morgan fingerprint density at radius 1 is 1.04 bits per heavy atom. The number of carbonyl (C=O) groups is 1. The largest absolute Gasteiger partial charge is 0.451 e. The van der Waals surface area contributed by atoms with Crippen molar-refractivity contribution in [2.45, 2.75) is 13.1 Å². The number of amides is 1. The van der Waals surface area contributed by atoms with Gasteiger partial charge in [0.05, 0.1) is 6.54 Å². The van der Waals surface area contributed by atoms with E-state index in [-0.39, 0.29) is 5.91 Å². The van der Waals surface area contributed by atoms with E-state index in [1.54, 1.807) is 12.3 Å². The first-order valence-electron chi connectivity index (χ1n) is 8.10. The highest BCUT2D eigenvalue weighted by atomic mass is 16.3. The zero-order valence-corrected chi connectivity index (χ0v) is 13.6. The predicted molar refractivity (Wildman–Crippen MR) is 95.2 cm³/mol.